The zero-order chi connectivity index (χ0) is 11.7. The van der Waals surface area contributed by atoms with Gasteiger partial charge in [-0.15, -0.1) is 10.2 Å². The fraction of sp³-hybridized carbons (Fsp3) is 0.846. The Hall–Kier alpha value is -0.900. The van der Waals surface area contributed by atoms with Gasteiger partial charge in [-0.05, 0) is 32.2 Å². The fourth-order valence-electron chi connectivity index (χ4n) is 3.04. The molecular formula is C13H22N4. The Labute approximate surface area is 103 Å². The first-order chi connectivity index (χ1) is 8.34. The van der Waals surface area contributed by atoms with Crippen molar-refractivity contribution in [3.05, 3.63) is 11.6 Å². The molecule has 2 heterocycles. The van der Waals surface area contributed by atoms with E-state index < -0.39 is 0 Å². The van der Waals surface area contributed by atoms with Crippen molar-refractivity contribution in [1.82, 2.24) is 20.1 Å². The fourth-order valence-corrected chi connectivity index (χ4v) is 3.04. The van der Waals surface area contributed by atoms with Crippen LogP contribution in [-0.2, 0) is 6.42 Å². The number of piperidine rings is 1. The molecule has 1 aromatic heterocycles. The van der Waals surface area contributed by atoms with Crippen LogP contribution in [0.3, 0.4) is 0 Å². The van der Waals surface area contributed by atoms with Gasteiger partial charge >= 0.3 is 0 Å². The van der Waals surface area contributed by atoms with E-state index in [1.165, 1.54) is 37.9 Å². The van der Waals surface area contributed by atoms with Crippen LogP contribution in [0.25, 0.3) is 0 Å². The second kappa shape index (κ2) is 4.77. The number of hydrogen-bond acceptors (Lipinski definition) is 3. The van der Waals surface area contributed by atoms with Crippen molar-refractivity contribution in [3.63, 3.8) is 0 Å². The number of aromatic nitrogens is 3. The monoisotopic (exact) mass is 234 g/mol. The average Bonchev–Trinajstić information content (AvgIpc) is 2.66. The first-order valence-electron chi connectivity index (χ1n) is 6.95. The summed E-state index contributed by atoms with van der Waals surface area (Å²) in [6, 6.07) is 0.578. The summed E-state index contributed by atoms with van der Waals surface area (Å²) >= 11 is 0. The lowest BCUT2D eigenvalue weighted by molar-refractivity contribution is 0.294. The molecule has 4 nitrogen and oxygen atoms in total. The van der Waals surface area contributed by atoms with Crippen molar-refractivity contribution < 1.29 is 0 Å². The molecule has 1 N–H and O–H groups in total. The van der Waals surface area contributed by atoms with E-state index in [0.29, 0.717) is 6.04 Å². The minimum Gasteiger partial charge on any atom is -0.315 e. The predicted octanol–water partition coefficient (Wildman–Crippen LogP) is 1.85. The molecular weight excluding hydrogens is 212 g/mol. The summed E-state index contributed by atoms with van der Waals surface area (Å²) < 4.78 is 2.39. The van der Waals surface area contributed by atoms with Crippen LogP contribution >= 0.6 is 0 Å². The molecule has 0 spiro atoms. The van der Waals surface area contributed by atoms with Gasteiger partial charge in [-0.3, -0.25) is 0 Å². The number of rotatable bonds is 3. The zero-order valence-corrected chi connectivity index (χ0v) is 10.7. The van der Waals surface area contributed by atoms with Gasteiger partial charge in [-0.25, -0.2) is 0 Å². The molecule has 17 heavy (non-hydrogen) atoms. The third-order valence-electron chi connectivity index (χ3n) is 4.27. The molecule has 94 valence electrons. The van der Waals surface area contributed by atoms with Gasteiger partial charge in [0.1, 0.15) is 11.6 Å². The molecule has 1 saturated carbocycles. The van der Waals surface area contributed by atoms with Crippen LogP contribution in [0.4, 0.5) is 0 Å². The molecule has 3 rings (SSSR count). The van der Waals surface area contributed by atoms with Crippen LogP contribution in [0.15, 0.2) is 0 Å². The van der Waals surface area contributed by atoms with Crippen molar-refractivity contribution in [1.29, 1.82) is 0 Å². The first-order valence-corrected chi connectivity index (χ1v) is 6.95. The molecule has 0 bridgehead atoms. The lowest BCUT2D eigenvalue weighted by Crippen LogP contribution is -2.33. The Kier molecular flexibility index (Phi) is 3.14. The van der Waals surface area contributed by atoms with Gasteiger partial charge in [0.25, 0.3) is 0 Å². The highest BCUT2D eigenvalue weighted by Crippen LogP contribution is 2.30. The van der Waals surface area contributed by atoms with E-state index in [1.54, 1.807) is 0 Å². The van der Waals surface area contributed by atoms with Crippen molar-refractivity contribution >= 4 is 0 Å². The summed E-state index contributed by atoms with van der Waals surface area (Å²) in [5.41, 5.74) is 0. The average molecular weight is 234 g/mol. The zero-order valence-electron chi connectivity index (χ0n) is 10.7. The van der Waals surface area contributed by atoms with Crippen LogP contribution in [0, 0.1) is 12.8 Å². The third-order valence-corrected chi connectivity index (χ3v) is 4.27. The third kappa shape index (κ3) is 2.23. The van der Waals surface area contributed by atoms with E-state index in [2.05, 4.69) is 27.0 Å². The Bertz CT molecular complexity index is 375. The molecule has 1 atom stereocenters. The van der Waals surface area contributed by atoms with Crippen LogP contribution in [0.1, 0.15) is 49.8 Å². The highest BCUT2D eigenvalue weighted by molar-refractivity contribution is 5.00. The van der Waals surface area contributed by atoms with Crippen LogP contribution in [-0.4, -0.2) is 27.9 Å². The van der Waals surface area contributed by atoms with E-state index in [1.807, 2.05) is 0 Å². The second-order valence-corrected chi connectivity index (χ2v) is 5.53. The lowest BCUT2D eigenvalue weighted by atomic mass is 9.83. The molecule has 4 heteroatoms. The van der Waals surface area contributed by atoms with Crippen molar-refractivity contribution in [3.8, 4) is 0 Å². The van der Waals surface area contributed by atoms with E-state index >= 15 is 0 Å². The number of aryl methyl sites for hydroxylation is 1. The van der Waals surface area contributed by atoms with Gasteiger partial charge in [0, 0.05) is 19.0 Å². The van der Waals surface area contributed by atoms with Gasteiger partial charge < -0.3 is 9.88 Å². The largest absolute Gasteiger partial charge is 0.315 e. The summed E-state index contributed by atoms with van der Waals surface area (Å²) in [6.07, 6.45) is 7.85. The van der Waals surface area contributed by atoms with Gasteiger partial charge in [0.15, 0.2) is 0 Å². The van der Waals surface area contributed by atoms with E-state index in [9.17, 15) is 0 Å². The van der Waals surface area contributed by atoms with Gasteiger partial charge in [-0.1, -0.05) is 19.3 Å². The van der Waals surface area contributed by atoms with Gasteiger partial charge in [0.2, 0.25) is 0 Å². The Morgan fingerprint density at radius 1 is 1.24 bits per heavy atom. The minimum absolute atomic E-state index is 0.578. The maximum absolute atomic E-state index is 4.40. The molecule has 0 amide bonds. The molecule has 1 aliphatic heterocycles. The maximum Gasteiger partial charge on any atom is 0.133 e. The molecule has 0 aromatic carbocycles. The van der Waals surface area contributed by atoms with Crippen molar-refractivity contribution in [2.24, 2.45) is 5.92 Å². The number of nitrogens with one attached hydrogen (secondary N) is 1. The summed E-state index contributed by atoms with van der Waals surface area (Å²) in [7, 11) is 0. The van der Waals surface area contributed by atoms with Gasteiger partial charge in [0.05, 0.1) is 0 Å². The molecule has 1 saturated heterocycles. The Balaban J connectivity index is 1.77. The summed E-state index contributed by atoms with van der Waals surface area (Å²) in [6.45, 7) is 4.33. The summed E-state index contributed by atoms with van der Waals surface area (Å²) in [5.74, 6) is 3.18. The van der Waals surface area contributed by atoms with Crippen molar-refractivity contribution in [2.45, 2.75) is 51.5 Å². The van der Waals surface area contributed by atoms with Crippen LogP contribution in [0.5, 0.6) is 0 Å². The smallest absolute Gasteiger partial charge is 0.133 e. The van der Waals surface area contributed by atoms with E-state index in [-0.39, 0.29) is 0 Å². The Morgan fingerprint density at radius 2 is 2.12 bits per heavy atom. The molecule has 0 radical (unpaired) electrons. The molecule has 1 aliphatic carbocycles. The van der Waals surface area contributed by atoms with Gasteiger partial charge in [-0.2, -0.15) is 0 Å². The van der Waals surface area contributed by atoms with Crippen molar-refractivity contribution in [2.75, 3.05) is 13.1 Å². The molecule has 1 unspecified atom stereocenters. The minimum atomic E-state index is 0.578. The predicted molar refractivity (Wildman–Crippen MR) is 66.9 cm³/mol. The second-order valence-electron chi connectivity index (χ2n) is 5.53. The van der Waals surface area contributed by atoms with E-state index in [4.69, 9.17) is 0 Å². The maximum atomic E-state index is 4.40. The molecule has 1 aromatic rings. The quantitative estimate of drug-likeness (QED) is 0.868. The number of hydrogen-bond donors (Lipinski definition) is 1. The summed E-state index contributed by atoms with van der Waals surface area (Å²) in [4.78, 5) is 0. The highest BCUT2D eigenvalue weighted by Gasteiger charge is 2.25. The SMILES string of the molecule is Cc1nnc(CC2CCC2)n1C1CCCNC1. The van der Waals surface area contributed by atoms with E-state index in [0.717, 1.165) is 31.3 Å². The summed E-state index contributed by atoms with van der Waals surface area (Å²) in [5, 5.41) is 12.2. The highest BCUT2D eigenvalue weighted by atomic mass is 15.3. The lowest BCUT2D eigenvalue weighted by Gasteiger charge is -2.29. The standard InChI is InChI=1S/C13H22N4/c1-10-15-16-13(8-11-4-2-5-11)17(10)12-6-3-7-14-9-12/h11-12,14H,2-9H2,1H3. The number of nitrogens with zero attached hydrogens (tertiary/aromatic N) is 3. The normalized spacial score (nSPS) is 25.8. The molecule has 2 aliphatic rings. The first kappa shape index (κ1) is 11.2. The topological polar surface area (TPSA) is 42.7 Å². The van der Waals surface area contributed by atoms with Crippen LogP contribution in [0.2, 0.25) is 0 Å². The Morgan fingerprint density at radius 3 is 2.76 bits per heavy atom. The van der Waals surface area contributed by atoms with Crippen LogP contribution < -0.4 is 5.32 Å². The molecule has 2 fully saturated rings.